The predicted octanol–water partition coefficient (Wildman–Crippen LogP) is 3.35. The normalized spacial score (nSPS) is 19.5. The number of hydrogen-bond acceptors (Lipinski definition) is 4. The van der Waals surface area contributed by atoms with Crippen molar-refractivity contribution in [1.82, 2.24) is 4.90 Å². The number of rotatable bonds is 4. The molecule has 0 radical (unpaired) electrons. The number of methoxy groups -OCH3 is 1. The van der Waals surface area contributed by atoms with Gasteiger partial charge in [-0.3, -0.25) is 4.90 Å². The summed E-state index contributed by atoms with van der Waals surface area (Å²) in [6.45, 7) is 0.622. The van der Waals surface area contributed by atoms with E-state index in [2.05, 4.69) is 0 Å². The molecule has 5 heteroatoms. The third-order valence-electron chi connectivity index (χ3n) is 4.48. The largest absolute Gasteiger partial charge is 0.467 e. The predicted molar refractivity (Wildman–Crippen MR) is 92.9 cm³/mol. The van der Waals surface area contributed by atoms with Crippen LogP contribution in [0.25, 0.3) is 0 Å². The van der Waals surface area contributed by atoms with Crippen LogP contribution in [-0.4, -0.2) is 36.7 Å². The highest BCUT2D eigenvalue weighted by atomic mass is 16.6. The molecule has 1 fully saturated rings. The highest BCUT2D eigenvalue weighted by molar-refractivity contribution is 5.82. The van der Waals surface area contributed by atoms with Crippen molar-refractivity contribution in [2.75, 3.05) is 13.7 Å². The van der Waals surface area contributed by atoms with Gasteiger partial charge in [-0.25, -0.2) is 9.59 Å². The molecule has 1 saturated heterocycles. The van der Waals surface area contributed by atoms with E-state index in [0.29, 0.717) is 13.0 Å². The Bertz CT molecular complexity index is 717. The molecular formula is C20H21NO4. The van der Waals surface area contributed by atoms with E-state index >= 15 is 0 Å². The van der Waals surface area contributed by atoms with Crippen LogP contribution in [0.2, 0.25) is 0 Å². The van der Waals surface area contributed by atoms with Crippen LogP contribution < -0.4 is 0 Å². The quantitative estimate of drug-likeness (QED) is 0.802. The lowest BCUT2D eigenvalue weighted by Gasteiger charge is -2.22. The molecule has 0 aliphatic carbocycles. The molecule has 1 aliphatic rings. The number of esters is 1. The molecular weight excluding hydrogens is 318 g/mol. The van der Waals surface area contributed by atoms with Crippen molar-refractivity contribution < 1.29 is 19.1 Å². The van der Waals surface area contributed by atoms with Gasteiger partial charge in [0.15, 0.2) is 0 Å². The number of amides is 1. The van der Waals surface area contributed by atoms with Crippen molar-refractivity contribution in [3.8, 4) is 0 Å². The Morgan fingerprint density at radius 1 is 1.04 bits per heavy atom. The molecule has 1 amide bonds. The van der Waals surface area contributed by atoms with Crippen molar-refractivity contribution in [2.24, 2.45) is 0 Å². The van der Waals surface area contributed by atoms with E-state index in [0.717, 1.165) is 11.1 Å². The third kappa shape index (κ3) is 3.99. The Labute approximate surface area is 147 Å². The Hall–Kier alpha value is -2.82. The van der Waals surface area contributed by atoms with Gasteiger partial charge in [-0.05, 0) is 17.5 Å². The summed E-state index contributed by atoms with van der Waals surface area (Å²) in [7, 11) is 1.34. The summed E-state index contributed by atoms with van der Waals surface area (Å²) < 4.78 is 10.3. The first-order chi connectivity index (χ1) is 12.2. The van der Waals surface area contributed by atoms with E-state index in [-0.39, 0.29) is 12.5 Å². The SMILES string of the molecule is COC(=O)[C@@H]1CC(c2ccccc2)CN1C(=O)OCc1ccccc1. The Kier molecular flexibility index (Phi) is 5.33. The lowest BCUT2D eigenvalue weighted by Crippen LogP contribution is -2.41. The van der Waals surface area contributed by atoms with Gasteiger partial charge in [0, 0.05) is 12.5 Å². The minimum absolute atomic E-state index is 0.0922. The van der Waals surface area contributed by atoms with Crippen molar-refractivity contribution in [3.63, 3.8) is 0 Å². The maximum atomic E-state index is 12.5. The first-order valence-electron chi connectivity index (χ1n) is 8.29. The second-order valence-corrected chi connectivity index (χ2v) is 6.07. The molecule has 0 bridgehead atoms. The highest BCUT2D eigenvalue weighted by Gasteiger charge is 2.41. The minimum Gasteiger partial charge on any atom is -0.467 e. The Balaban J connectivity index is 1.70. The summed E-state index contributed by atoms with van der Waals surface area (Å²) in [5.41, 5.74) is 2.01. The second-order valence-electron chi connectivity index (χ2n) is 6.07. The minimum atomic E-state index is -0.613. The van der Waals surface area contributed by atoms with Gasteiger partial charge in [0.2, 0.25) is 0 Å². The average molecular weight is 339 g/mol. The molecule has 0 N–H and O–H groups in total. The van der Waals surface area contributed by atoms with Crippen LogP contribution in [0.3, 0.4) is 0 Å². The summed E-state index contributed by atoms with van der Waals surface area (Å²) >= 11 is 0. The first-order valence-corrected chi connectivity index (χ1v) is 8.29. The molecule has 1 heterocycles. The van der Waals surface area contributed by atoms with Gasteiger partial charge in [-0.15, -0.1) is 0 Å². The fourth-order valence-electron chi connectivity index (χ4n) is 3.17. The molecule has 25 heavy (non-hydrogen) atoms. The number of likely N-dealkylation sites (tertiary alicyclic amines) is 1. The molecule has 0 aromatic heterocycles. The van der Waals surface area contributed by atoms with Crippen LogP contribution in [0.1, 0.15) is 23.5 Å². The van der Waals surface area contributed by atoms with Gasteiger partial charge in [0.1, 0.15) is 12.6 Å². The summed E-state index contributed by atoms with van der Waals surface area (Å²) in [6.07, 6.45) is 0.0506. The zero-order valence-electron chi connectivity index (χ0n) is 14.1. The first kappa shape index (κ1) is 17.0. The standard InChI is InChI=1S/C20H21NO4/c1-24-19(22)18-12-17(16-10-6-3-7-11-16)13-21(18)20(23)25-14-15-8-4-2-5-9-15/h2-11,17-18H,12-14H2,1H3/t17?,18-/m0/s1. The zero-order valence-corrected chi connectivity index (χ0v) is 14.1. The number of nitrogens with zero attached hydrogens (tertiary/aromatic N) is 1. The lowest BCUT2D eigenvalue weighted by atomic mass is 9.96. The fraction of sp³-hybridized carbons (Fsp3) is 0.300. The number of carbonyl (C=O) groups excluding carboxylic acids is 2. The molecule has 2 aromatic rings. The van der Waals surface area contributed by atoms with Crippen LogP contribution in [-0.2, 0) is 20.9 Å². The van der Waals surface area contributed by atoms with Gasteiger partial charge in [0.25, 0.3) is 0 Å². The molecule has 3 rings (SSSR count). The fourth-order valence-corrected chi connectivity index (χ4v) is 3.17. The summed E-state index contributed by atoms with van der Waals surface area (Å²) in [4.78, 5) is 26.1. The van der Waals surface area contributed by atoms with Crippen molar-refractivity contribution in [3.05, 3.63) is 71.8 Å². The molecule has 2 aromatic carbocycles. The van der Waals surface area contributed by atoms with Crippen LogP contribution in [0.4, 0.5) is 4.79 Å². The number of benzene rings is 2. The van der Waals surface area contributed by atoms with Crippen molar-refractivity contribution in [1.29, 1.82) is 0 Å². The molecule has 0 spiro atoms. The summed E-state index contributed by atoms with van der Waals surface area (Å²) in [6, 6.07) is 18.7. The Morgan fingerprint density at radius 3 is 2.32 bits per heavy atom. The van der Waals surface area contributed by atoms with Gasteiger partial charge in [-0.2, -0.15) is 0 Å². The maximum Gasteiger partial charge on any atom is 0.410 e. The molecule has 1 aliphatic heterocycles. The second kappa shape index (κ2) is 7.83. The van der Waals surface area contributed by atoms with E-state index in [1.807, 2.05) is 60.7 Å². The van der Waals surface area contributed by atoms with E-state index < -0.39 is 18.1 Å². The van der Waals surface area contributed by atoms with Crippen LogP contribution in [0, 0.1) is 0 Å². The number of carbonyl (C=O) groups is 2. The summed E-state index contributed by atoms with van der Waals surface area (Å²) in [5.74, 6) is -0.315. The topological polar surface area (TPSA) is 55.8 Å². The van der Waals surface area contributed by atoms with E-state index in [1.54, 1.807) is 0 Å². The molecule has 2 atom stereocenters. The average Bonchev–Trinajstić information content (AvgIpc) is 3.12. The van der Waals surface area contributed by atoms with Gasteiger partial charge < -0.3 is 9.47 Å². The smallest absolute Gasteiger partial charge is 0.410 e. The number of ether oxygens (including phenoxy) is 2. The summed E-state index contributed by atoms with van der Waals surface area (Å²) in [5, 5.41) is 0. The number of hydrogen-bond donors (Lipinski definition) is 0. The Morgan fingerprint density at radius 2 is 1.68 bits per heavy atom. The highest BCUT2D eigenvalue weighted by Crippen LogP contribution is 2.32. The van der Waals surface area contributed by atoms with Crippen LogP contribution in [0.15, 0.2) is 60.7 Å². The molecule has 5 nitrogen and oxygen atoms in total. The molecule has 0 saturated carbocycles. The van der Waals surface area contributed by atoms with Crippen LogP contribution in [0.5, 0.6) is 0 Å². The monoisotopic (exact) mass is 339 g/mol. The van der Waals surface area contributed by atoms with Gasteiger partial charge in [-0.1, -0.05) is 60.7 Å². The molecule has 130 valence electrons. The van der Waals surface area contributed by atoms with Crippen molar-refractivity contribution >= 4 is 12.1 Å². The maximum absolute atomic E-state index is 12.5. The molecule has 1 unspecified atom stereocenters. The van der Waals surface area contributed by atoms with E-state index in [4.69, 9.17) is 9.47 Å². The third-order valence-corrected chi connectivity index (χ3v) is 4.48. The zero-order chi connectivity index (χ0) is 17.6. The van der Waals surface area contributed by atoms with E-state index in [1.165, 1.54) is 12.0 Å². The van der Waals surface area contributed by atoms with Crippen LogP contribution >= 0.6 is 0 Å². The lowest BCUT2D eigenvalue weighted by molar-refractivity contribution is -0.145. The van der Waals surface area contributed by atoms with Crippen molar-refractivity contribution in [2.45, 2.75) is 25.0 Å². The van der Waals surface area contributed by atoms with Gasteiger partial charge >= 0.3 is 12.1 Å². The van der Waals surface area contributed by atoms with E-state index in [9.17, 15) is 9.59 Å². The van der Waals surface area contributed by atoms with Gasteiger partial charge in [0.05, 0.1) is 7.11 Å².